The Bertz CT molecular complexity index is 333. The van der Waals surface area contributed by atoms with Gasteiger partial charge in [-0.25, -0.2) is 0 Å². The van der Waals surface area contributed by atoms with Gasteiger partial charge in [-0.2, -0.15) is 0 Å². The Morgan fingerprint density at radius 2 is 2.25 bits per heavy atom. The van der Waals surface area contributed by atoms with E-state index in [2.05, 4.69) is 14.9 Å². The molecule has 1 aliphatic rings. The number of rotatable bonds is 3. The Morgan fingerprint density at radius 1 is 1.50 bits per heavy atom. The van der Waals surface area contributed by atoms with E-state index in [1.807, 2.05) is 0 Å². The number of hydrogen-bond donors (Lipinski definition) is 2. The first kappa shape index (κ1) is 11.5. The maximum Gasteiger partial charge on any atom is 0.228 e. The van der Waals surface area contributed by atoms with Gasteiger partial charge in [0.25, 0.3) is 0 Å². The third-order valence-electron chi connectivity index (χ3n) is 3.16. The molecule has 1 aromatic rings. The topological polar surface area (TPSA) is 80.9 Å². The Balaban J connectivity index is 1.82. The number of hydrogen-bond acceptors (Lipinski definition) is 5. The quantitative estimate of drug-likeness (QED) is 0.833. The Labute approximate surface area is 98.6 Å². The molecule has 16 heavy (non-hydrogen) atoms. The highest BCUT2D eigenvalue weighted by atomic mass is 32.1. The first-order valence-electron chi connectivity index (χ1n) is 5.58. The molecule has 5 nitrogen and oxygen atoms in total. The van der Waals surface area contributed by atoms with Crippen molar-refractivity contribution in [3.05, 3.63) is 6.20 Å². The van der Waals surface area contributed by atoms with Gasteiger partial charge in [-0.3, -0.25) is 4.79 Å². The third kappa shape index (κ3) is 2.76. The molecule has 0 bridgehead atoms. The molecule has 3 N–H and O–H groups in total. The number of nitrogens with zero attached hydrogens (tertiary/aromatic N) is 2. The number of nitrogens with two attached hydrogens (primary N) is 1. The van der Waals surface area contributed by atoms with E-state index in [0.29, 0.717) is 5.92 Å². The van der Waals surface area contributed by atoms with E-state index in [4.69, 9.17) is 5.73 Å². The summed E-state index contributed by atoms with van der Waals surface area (Å²) < 4.78 is 3.71. The van der Waals surface area contributed by atoms with E-state index < -0.39 is 0 Å². The molecular formula is C10H16N4OS. The molecule has 2 rings (SSSR count). The maximum atomic E-state index is 11.9. The fourth-order valence-corrected chi connectivity index (χ4v) is 2.53. The Morgan fingerprint density at radius 3 is 2.81 bits per heavy atom. The molecule has 0 saturated heterocycles. The SMILES string of the molecule is NCC1CCC(C(=O)Nc2cnns2)CC1. The first-order valence-corrected chi connectivity index (χ1v) is 6.35. The van der Waals surface area contributed by atoms with Crippen molar-refractivity contribution in [1.82, 2.24) is 9.59 Å². The normalized spacial score (nSPS) is 25.3. The van der Waals surface area contributed by atoms with E-state index in [-0.39, 0.29) is 11.8 Å². The van der Waals surface area contributed by atoms with Crippen molar-refractivity contribution in [3.8, 4) is 0 Å². The Kier molecular flexibility index (Phi) is 3.84. The largest absolute Gasteiger partial charge is 0.330 e. The van der Waals surface area contributed by atoms with E-state index >= 15 is 0 Å². The predicted molar refractivity (Wildman–Crippen MR) is 63.0 cm³/mol. The molecule has 6 heteroatoms. The fraction of sp³-hybridized carbons (Fsp3) is 0.700. The molecule has 1 aliphatic carbocycles. The van der Waals surface area contributed by atoms with Gasteiger partial charge in [0.1, 0.15) is 5.00 Å². The second-order valence-corrected chi connectivity index (χ2v) is 5.01. The van der Waals surface area contributed by atoms with Crippen LogP contribution in [-0.4, -0.2) is 22.0 Å². The molecule has 0 spiro atoms. The van der Waals surface area contributed by atoms with Crippen LogP contribution in [0, 0.1) is 11.8 Å². The van der Waals surface area contributed by atoms with Crippen LogP contribution in [0.4, 0.5) is 5.00 Å². The highest BCUT2D eigenvalue weighted by Gasteiger charge is 2.25. The van der Waals surface area contributed by atoms with Crippen LogP contribution in [0.15, 0.2) is 6.20 Å². The predicted octanol–water partition coefficient (Wildman–Crippen LogP) is 1.24. The van der Waals surface area contributed by atoms with Gasteiger partial charge in [0.15, 0.2) is 0 Å². The standard InChI is InChI=1S/C10H16N4OS/c11-5-7-1-3-8(4-2-7)10(15)13-9-6-12-14-16-9/h6-8H,1-5,11H2,(H,13,15). The van der Waals surface area contributed by atoms with Gasteiger partial charge in [0.2, 0.25) is 5.91 Å². The van der Waals surface area contributed by atoms with Crippen molar-refractivity contribution in [3.63, 3.8) is 0 Å². The second kappa shape index (κ2) is 5.36. The lowest BCUT2D eigenvalue weighted by molar-refractivity contribution is -0.121. The summed E-state index contributed by atoms with van der Waals surface area (Å²) in [6, 6.07) is 0. The lowest BCUT2D eigenvalue weighted by Gasteiger charge is -2.26. The molecule has 1 aromatic heterocycles. The van der Waals surface area contributed by atoms with Crippen LogP contribution in [0.1, 0.15) is 25.7 Å². The molecule has 1 fully saturated rings. The van der Waals surface area contributed by atoms with Crippen LogP contribution in [0.2, 0.25) is 0 Å². The number of amides is 1. The van der Waals surface area contributed by atoms with Gasteiger partial charge in [0, 0.05) is 17.5 Å². The lowest BCUT2D eigenvalue weighted by Crippen LogP contribution is -2.29. The fourth-order valence-electron chi connectivity index (χ4n) is 2.11. The lowest BCUT2D eigenvalue weighted by atomic mass is 9.81. The van der Waals surface area contributed by atoms with Gasteiger partial charge in [-0.1, -0.05) is 4.49 Å². The van der Waals surface area contributed by atoms with Crippen molar-refractivity contribution >= 4 is 22.4 Å². The maximum absolute atomic E-state index is 11.9. The number of aromatic nitrogens is 2. The zero-order chi connectivity index (χ0) is 11.4. The summed E-state index contributed by atoms with van der Waals surface area (Å²) >= 11 is 1.21. The van der Waals surface area contributed by atoms with E-state index in [1.165, 1.54) is 11.5 Å². The van der Waals surface area contributed by atoms with Gasteiger partial charge in [-0.05, 0) is 38.1 Å². The number of nitrogens with one attached hydrogen (secondary N) is 1. The van der Waals surface area contributed by atoms with Gasteiger partial charge in [-0.15, -0.1) is 5.10 Å². The van der Waals surface area contributed by atoms with Crippen molar-refractivity contribution in [2.75, 3.05) is 11.9 Å². The number of carbonyl (C=O) groups is 1. The summed E-state index contributed by atoms with van der Waals surface area (Å²) in [5, 5.41) is 7.26. The van der Waals surface area contributed by atoms with Crippen LogP contribution in [0.25, 0.3) is 0 Å². The number of carbonyl (C=O) groups excluding carboxylic acids is 1. The average Bonchev–Trinajstić information content (AvgIpc) is 2.82. The molecule has 1 saturated carbocycles. The smallest absolute Gasteiger partial charge is 0.228 e. The molecular weight excluding hydrogens is 224 g/mol. The zero-order valence-corrected chi connectivity index (χ0v) is 9.87. The van der Waals surface area contributed by atoms with Crippen LogP contribution >= 0.6 is 11.5 Å². The third-order valence-corrected chi connectivity index (χ3v) is 3.74. The summed E-state index contributed by atoms with van der Waals surface area (Å²) in [4.78, 5) is 11.9. The Hall–Kier alpha value is -1.01. The average molecular weight is 240 g/mol. The molecule has 88 valence electrons. The van der Waals surface area contributed by atoms with E-state index in [9.17, 15) is 4.79 Å². The first-order chi connectivity index (χ1) is 7.79. The second-order valence-electron chi connectivity index (χ2n) is 4.22. The van der Waals surface area contributed by atoms with Gasteiger partial charge < -0.3 is 11.1 Å². The zero-order valence-electron chi connectivity index (χ0n) is 9.06. The monoisotopic (exact) mass is 240 g/mol. The highest BCUT2D eigenvalue weighted by molar-refractivity contribution is 7.10. The molecule has 0 aliphatic heterocycles. The molecule has 1 amide bonds. The molecule has 0 atom stereocenters. The summed E-state index contributed by atoms with van der Waals surface area (Å²) in [7, 11) is 0. The minimum atomic E-state index is 0.0986. The van der Waals surface area contributed by atoms with Crippen molar-refractivity contribution in [2.24, 2.45) is 17.6 Å². The molecule has 0 aromatic carbocycles. The van der Waals surface area contributed by atoms with Crippen LogP contribution in [0.5, 0.6) is 0 Å². The van der Waals surface area contributed by atoms with Crippen LogP contribution in [0.3, 0.4) is 0 Å². The van der Waals surface area contributed by atoms with E-state index in [0.717, 1.165) is 37.2 Å². The molecule has 0 radical (unpaired) electrons. The van der Waals surface area contributed by atoms with Crippen molar-refractivity contribution in [2.45, 2.75) is 25.7 Å². The van der Waals surface area contributed by atoms with Crippen molar-refractivity contribution in [1.29, 1.82) is 0 Å². The summed E-state index contributed by atoms with van der Waals surface area (Å²) in [5.41, 5.74) is 5.62. The highest BCUT2D eigenvalue weighted by Crippen LogP contribution is 2.29. The van der Waals surface area contributed by atoms with Crippen molar-refractivity contribution < 1.29 is 4.79 Å². The van der Waals surface area contributed by atoms with E-state index in [1.54, 1.807) is 6.20 Å². The van der Waals surface area contributed by atoms with Gasteiger partial charge in [0.05, 0.1) is 6.20 Å². The molecule has 1 heterocycles. The van der Waals surface area contributed by atoms with Crippen LogP contribution < -0.4 is 11.1 Å². The summed E-state index contributed by atoms with van der Waals surface area (Å²) in [6.07, 6.45) is 5.60. The van der Waals surface area contributed by atoms with Crippen LogP contribution in [-0.2, 0) is 4.79 Å². The van der Waals surface area contributed by atoms with Gasteiger partial charge >= 0.3 is 0 Å². The minimum Gasteiger partial charge on any atom is -0.330 e. The minimum absolute atomic E-state index is 0.0986. The molecule has 0 unspecified atom stereocenters. The summed E-state index contributed by atoms with van der Waals surface area (Å²) in [5.74, 6) is 0.834. The number of anilines is 1. The summed E-state index contributed by atoms with van der Waals surface area (Å²) in [6.45, 7) is 0.743.